The highest BCUT2D eigenvalue weighted by Gasteiger charge is 2.18. The van der Waals surface area contributed by atoms with Gasteiger partial charge in [0.2, 0.25) is 15.9 Å². The molecule has 0 fully saturated rings. The number of amides is 1. The van der Waals surface area contributed by atoms with Crippen LogP contribution in [0.4, 0.5) is 10.8 Å². The molecule has 0 aliphatic rings. The van der Waals surface area contributed by atoms with Crippen molar-refractivity contribution >= 4 is 38.1 Å². The highest BCUT2D eigenvalue weighted by atomic mass is 32.2. The lowest BCUT2D eigenvalue weighted by molar-refractivity contribution is -0.119. The lowest BCUT2D eigenvalue weighted by Crippen LogP contribution is -2.34. The molecule has 7 nitrogen and oxygen atoms in total. The minimum atomic E-state index is -3.30. The molecule has 0 radical (unpaired) electrons. The Morgan fingerprint density at radius 3 is 2.42 bits per heavy atom. The zero-order valence-corrected chi connectivity index (χ0v) is 15.2. The van der Waals surface area contributed by atoms with Gasteiger partial charge in [0.1, 0.15) is 0 Å². The first-order valence-electron chi connectivity index (χ1n) is 7.26. The molecule has 130 valence electrons. The Hall–Kier alpha value is -1.97. The number of nitrogens with two attached hydrogens (primary N) is 1. The maximum absolute atomic E-state index is 12.0. The first kappa shape index (κ1) is 18.4. The number of thiazole rings is 1. The van der Waals surface area contributed by atoms with Crippen LogP contribution in [0.15, 0.2) is 29.6 Å². The number of nitrogens with one attached hydrogen (secondary N) is 2. The summed E-state index contributed by atoms with van der Waals surface area (Å²) >= 11 is 1.32. The van der Waals surface area contributed by atoms with Crippen LogP contribution in [0.2, 0.25) is 0 Å². The summed E-state index contributed by atoms with van der Waals surface area (Å²) in [5.74, 6) is -0.475. The first-order valence-corrected chi connectivity index (χ1v) is 10.0. The summed E-state index contributed by atoms with van der Waals surface area (Å²) in [6.45, 7) is 3.55. The number of rotatable bonds is 6. The summed E-state index contributed by atoms with van der Waals surface area (Å²) in [6.07, 6.45) is 1.10. The van der Waals surface area contributed by atoms with Crippen LogP contribution >= 0.6 is 11.3 Å². The molecule has 1 heterocycles. The van der Waals surface area contributed by atoms with E-state index in [9.17, 15) is 13.2 Å². The molecule has 1 aromatic carbocycles. The highest BCUT2D eigenvalue weighted by molar-refractivity contribution is 7.92. The number of nitrogens with zero attached hydrogens (tertiary/aromatic N) is 1. The normalized spacial score (nSPS) is 14.0. The third-order valence-corrected chi connectivity index (χ3v) is 4.78. The predicted molar refractivity (Wildman–Crippen MR) is 97.5 cm³/mol. The van der Waals surface area contributed by atoms with Gasteiger partial charge in [0, 0.05) is 22.7 Å². The number of hydrogen-bond donors (Lipinski definition) is 3. The first-order chi connectivity index (χ1) is 11.2. The monoisotopic (exact) mass is 368 g/mol. The molecule has 2 atom stereocenters. The largest absolute Gasteiger partial charge is 0.327 e. The van der Waals surface area contributed by atoms with E-state index in [-0.39, 0.29) is 17.9 Å². The van der Waals surface area contributed by atoms with Gasteiger partial charge in [-0.1, -0.05) is 19.1 Å². The van der Waals surface area contributed by atoms with E-state index in [1.54, 1.807) is 38.1 Å². The van der Waals surface area contributed by atoms with E-state index < -0.39 is 10.0 Å². The standard InChI is InChI=1S/C15H20N4O3S2/c1-9(10(2)16)14(20)18-15-17-13(8-23-15)11-4-6-12(7-5-11)19-24(3,21)22/h4-10,19H,16H2,1-3H3,(H,17,18,20). The van der Waals surface area contributed by atoms with Crippen LogP contribution < -0.4 is 15.8 Å². The molecule has 2 unspecified atom stereocenters. The minimum Gasteiger partial charge on any atom is -0.327 e. The molecule has 0 bridgehead atoms. The minimum absolute atomic E-state index is 0.168. The Kier molecular flexibility index (Phi) is 5.58. The molecule has 0 aliphatic heterocycles. The predicted octanol–water partition coefficient (Wildman–Crippen LogP) is 2.10. The van der Waals surface area contributed by atoms with E-state index in [1.807, 2.05) is 5.38 Å². The molecule has 0 saturated heterocycles. The van der Waals surface area contributed by atoms with E-state index in [4.69, 9.17) is 5.73 Å². The fourth-order valence-corrected chi connectivity index (χ4v) is 3.13. The van der Waals surface area contributed by atoms with Crippen molar-refractivity contribution in [2.45, 2.75) is 19.9 Å². The molecule has 9 heteroatoms. The van der Waals surface area contributed by atoms with Crippen molar-refractivity contribution in [1.82, 2.24) is 4.98 Å². The molecule has 0 spiro atoms. The fourth-order valence-electron chi connectivity index (χ4n) is 1.84. The van der Waals surface area contributed by atoms with Crippen molar-refractivity contribution in [3.05, 3.63) is 29.6 Å². The van der Waals surface area contributed by atoms with E-state index in [1.165, 1.54) is 11.3 Å². The second-order valence-electron chi connectivity index (χ2n) is 5.63. The van der Waals surface area contributed by atoms with Gasteiger partial charge in [-0.15, -0.1) is 11.3 Å². The molecular formula is C15H20N4O3S2. The quantitative estimate of drug-likeness (QED) is 0.722. The van der Waals surface area contributed by atoms with Gasteiger partial charge in [-0.05, 0) is 19.1 Å². The van der Waals surface area contributed by atoms with Gasteiger partial charge in [-0.2, -0.15) is 0 Å². The average Bonchev–Trinajstić information content (AvgIpc) is 2.93. The van der Waals surface area contributed by atoms with Crippen LogP contribution in [-0.4, -0.2) is 31.6 Å². The Morgan fingerprint density at radius 2 is 1.88 bits per heavy atom. The molecule has 0 aliphatic carbocycles. The van der Waals surface area contributed by atoms with Crippen molar-refractivity contribution in [2.75, 3.05) is 16.3 Å². The Labute approximate surface area is 145 Å². The van der Waals surface area contributed by atoms with Gasteiger partial charge in [0.15, 0.2) is 5.13 Å². The van der Waals surface area contributed by atoms with Gasteiger partial charge in [-0.3, -0.25) is 9.52 Å². The number of carbonyl (C=O) groups is 1. The summed E-state index contributed by atoms with van der Waals surface area (Å²) < 4.78 is 24.8. The summed E-state index contributed by atoms with van der Waals surface area (Å²) in [5.41, 5.74) is 7.73. The lowest BCUT2D eigenvalue weighted by Gasteiger charge is -2.13. The Morgan fingerprint density at radius 1 is 1.25 bits per heavy atom. The molecule has 4 N–H and O–H groups in total. The smallest absolute Gasteiger partial charge is 0.230 e. The van der Waals surface area contributed by atoms with Gasteiger partial charge in [-0.25, -0.2) is 13.4 Å². The molecule has 1 amide bonds. The summed E-state index contributed by atoms with van der Waals surface area (Å²) in [4.78, 5) is 16.4. The SMILES string of the molecule is CC(N)C(C)C(=O)Nc1nc(-c2ccc(NS(C)(=O)=O)cc2)cs1. The van der Waals surface area contributed by atoms with Crippen LogP contribution in [0, 0.1) is 5.92 Å². The van der Waals surface area contributed by atoms with Crippen LogP contribution in [0.25, 0.3) is 11.3 Å². The maximum atomic E-state index is 12.0. The van der Waals surface area contributed by atoms with E-state index >= 15 is 0 Å². The zero-order chi connectivity index (χ0) is 17.9. The number of hydrogen-bond acceptors (Lipinski definition) is 6. The fraction of sp³-hybridized carbons (Fsp3) is 0.333. The van der Waals surface area contributed by atoms with Crippen molar-refractivity contribution in [1.29, 1.82) is 0 Å². The number of sulfonamides is 1. The van der Waals surface area contributed by atoms with Crippen molar-refractivity contribution in [3.63, 3.8) is 0 Å². The maximum Gasteiger partial charge on any atom is 0.230 e. The van der Waals surface area contributed by atoms with Gasteiger partial charge in [0.25, 0.3) is 0 Å². The number of aromatic nitrogens is 1. The van der Waals surface area contributed by atoms with E-state index in [0.717, 1.165) is 11.8 Å². The lowest BCUT2D eigenvalue weighted by atomic mass is 10.0. The van der Waals surface area contributed by atoms with Gasteiger partial charge in [0.05, 0.1) is 17.9 Å². The molecule has 0 saturated carbocycles. The summed E-state index contributed by atoms with van der Waals surface area (Å²) in [5, 5.41) is 5.08. The summed E-state index contributed by atoms with van der Waals surface area (Å²) in [6, 6.07) is 6.61. The molecule has 1 aromatic heterocycles. The van der Waals surface area contributed by atoms with Gasteiger partial charge < -0.3 is 11.1 Å². The van der Waals surface area contributed by atoms with Crippen molar-refractivity contribution in [3.8, 4) is 11.3 Å². The average molecular weight is 368 g/mol. The molecule has 2 rings (SSSR count). The third kappa shape index (κ3) is 5.02. The second-order valence-corrected chi connectivity index (χ2v) is 8.23. The Balaban J connectivity index is 2.09. The number of anilines is 2. The summed E-state index contributed by atoms with van der Waals surface area (Å²) in [7, 11) is -3.30. The van der Waals surface area contributed by atoms with E-state index in [0.29, 0.717) is 16.5 Å². The molecule has 24 heavy (non-hydrogen) atoms. The molecular weight excluding hydrogens is 348 g/mol. The van der Waals surface area contributed by atoms with Crippen molar-refractivity contribution < 1.29 is 13.2 Å². The third-order valence-electron chi connectivity index (χ3n) is 3.42. The zero-order valence-electron chi connectivity index (χ0n) is 13.6. The number of benzene rings is 1. The highest BCUT2D eigenvalue weighted by Crippen LogP contribution is 2.26. The van der Waals surface area contributed by atoms with Crippen LogP contribution in [0.3, 0.4) is 0 Å². The molecule has 2 aromatic rings. The van der Waals surface area contributed by atoms with Crippen molar-refractivity contribution in [2.24, 2.45) is 11.7 Å². The van der Waals surface area contributed by atoms with Crippen LogP contribution in [-0.2, 0) is 14.8 Å². The second kappa shape index (κ2) is 7.29. The van der Waals surface area contributed by atoms with Crippen LogP contribution in [0.5, 0.6) is 0 Å². The van der Waals surface area contributed by atoms with Gasteiger partial charge >= 0.3 is 0 Å². The topological polar surface area (TPSA) is 114 Å². The number of carbonyl (C=O) groups excluding carboxylic acids is 1. The van der Waals surface area contributed by atoms with Crippen LogP contribution in [0.1, 0.15) is 13.8 Å². The van der Waals surface area contributed by atoms with E-state index in [2.05, 4.69) is 15.0 Å². The Bertz CT molecular complexity index is 813.